The number of barbiturate groups is 1. The molecule has 13 heavy (non-hydrogen) atoms. The first kappa shape index (κ1) is 9.58. The normalized spacial score (nSPS) is 20.5. The van der Waals surface area contributed by atoms with Crippen molar-refractivity contribution in [3.8, 4) is 0 Å². The highest BCUT2D eigenvalue weighted by Crippen LogP contribution is 2.21. The van der Waals surface area contributed by atoms with Gasteiger partial charge in [-0.1, -0.05) is 0 Å². The van der Waals surface area contributed by atoms with Crippen LogP contribution in [0.25, 0.3) is 0 Å². The molecular formula is C4H2BrN3O5. The van der Waals surface area contributed by atoms with Gasteiger partial charge in [0.25, 0.3) is 0 Å². The SMILES string of the molecule is O=C1NC(=O)C(Br)([N+](=O)[O-])C(=O)N1. The third-order valence-corrected chi connectivity index (χ3v) is 2.32. The number of carbonyl (C=O) groups excluding carboxylic acids is 3. The van der Waals surface area contributed by atoms with Crippen molar-refractivity contribution >= 4 is 33.8 Å². The number of alkyl halides is 1. The molecule has 0 aromatic carbocycles. The van der Waals surface area contributed by atoms with E-state index in [1.165, 1.54) is 0 Å². The lowest BCUT2D eigenvalue weighted by Gasteiger charge is -2.20. The second-order valence-corrected chi connectivity index (χ2v) is 3.26. The van der Waals surface area contributed by atoms with Crippen molar-refractivity contribution in [2.75, 3.05) is 0 Å². The van der Waals surface area contributed by atoms with E-state index in [1.54, 1.807) is 10.6 Å². The number of nitro groups is 1. The summed E-state index contributed by atoms with van der Waals surface area (Å²) in [5.74, 6) is -2.63. The van der Waals surface area contributed by atoms with Gasteiger partial charge < -0.3 is 0 Å². The molecule has 0 bridgehead atoms. The molecule has 9 heteroatoms. The van der Waals surface area contributed by atoms with Gasteiger partial charge >= 0.3 is 22.3 Å². The van der Waals surface area contributed by atoms with Crippen LogP contribution in [-0.4, -0.2) is 27.2 Å². The lowest BCUT2D eigenvalue weighted by atomic mass is 10.2. The third-order valence-electron chi connectivity index (χ3n) is 1.31. The van der Waals surface area contributed by atoms with Crippen LogP contribution in [0.5, 0.6) is 0 Å². The van der Waals surface area contributed by atoms with Gasteiger partial charge in [0.05, 0.1) is 4.92 Å². The van der Waals surface area contributed by atoms with Crippen LogP contribution >= 0.6 is 15.9 Å². The minimum absolute atomic E-state index is 1.08. The number of hydrogen-bond donors (Lipinski definition) is 2. The van der Waals surface area contributed by atoms with Gasteiger partial charge in [-0.25, -0.2) is 4.79 Å². The minimum Gasteiger partial charge on any atom is -0.270 e. The van der Waals surface area contributed by atoms with Crippen molar-refractivity contribution in [2.45, 2.75) is 4.45 Å². The number of nitrogens with one attached hydrogen (secondary N) is 2. The Balaban J connectivity index is 3.10. The van der Waals surface area contributed by atoms with Crippen LogP contribution in [0.15, 0.2) is 0 Å². The molecule has 8 nitrogen and oxygen atoms in total. The zero-order valence-electron chi connectivity index (χ0n) is 5.87. The van der Waals surface area contributed by atoms with Crippen LogP contribution in [0.3, 0.4) is 0 Å². The molecule has 1 heterocycles. The van der Waals surface area contributed by atoms with Crippen LogP contribution in [0.2, 0.25) is 0 Å². The summed E-state index contributed by atoms with van der Waals surface area (Å²) in [5.41, 5.74) is 0. The van der Waals surface area contributed by atoms with Gasteiger partial charge in [-0.15, -0.1) is 0 Å². The molecule has 0 aromatic rings. The highest BCUT2D eigenvalue weighted by Gasteiger charge is 2.60. The van der Waals surface area contributed by atoms with Gasteiger partial charge in [0.1, 0.15) is 0 Å². The number of hydrogen-bond acceptors (Lipinski definition) is 5. The number of nitrogens with zero attached hydrogens (tertiary/aromatic N) is 1. The fraction of sp³-hybridized carbons (Fsp3) is 0.250. The third kappa shape index (κ3) is 1.26. The molecule has 0 radical (unpaired) electrons. The average molecular weight is 252 g/mol. The van der Waals surface area contributed by atoms with Crippen molar-refractivity contribution in [1.29, 1.82) is 0 Å². The molecule has 0 spiro atoms. The summed E-state index contributed by atoms with van der Waals surface area (Å²) in [5, 5.41) is 13.5. The molecule has 0 unspecified atom stereocenters. The largest absolute Gasteiger partial charge is 0.427 e. The summed E-state index contributed by atoms with van der Waals surface area (Å²) >= 11 is 2.34. The van der Waals surface area contributed by atoms with E-state index in [1.807, 2.05) is 0 Å². The summed E-state index contributed by atoms with van der Waals surface area (Å²) in [6.45, 7) is 0. The molecule has 0 aromatic heterocycles. The van der Waals surface area contributed by atoms with Crippen molar-refractivity contribution in [2.24, 2.45) is 0 Å². The van der Waals surface area contributed by atoms with E-state index in [-0.39, 0.29) is 0 Å². The fourth-order valence-corrected chi connectivity index (χ4v) is 0.870. The second-order valence-electron chi connectivity index (χ2n) is 2.12. The standard InChI is InChI=1S/C4H2BrN3O5/c5-4(8(12)13)1(9)6-3(11)7-2(4)10/h(H2,6,7,9,10,11). The maximum Gasteiger partial charge on any atom is 0.427 e. The molecule has 4 amide bonds. The lowest BCUT2D eigenvalue weighted by molar-refractivity contribution is -0.505. The van der Waals surface area contributed by atoms with Crippen LogP contribution in [-0.2, 0) is 9.59 Å². The van der Waals surface area contributed by atoms with Crippen molar-refractivity contribution in [1.82, 2.24) is 10.6 Å². The summed E-state index contributed by atoms with van der Waals surface area (Å²) in [7, 11) is 0. The highest BCUT2D eigenvalue weighted by atomic mass is 79.9. The number of halogens is 1. The monoisotopic (exact) mass is 251 g/mol. The van der Waals surface area contributed by atoms with E-state index in [2.05, 4.69) is 15.9 Å². The quantitative estimate of drug-likeness (QED) is 0.198. The predicted octanol–water partition coefficient (Wildman–Crippen LogP) is -1.28. The van der Waals surface area contributed by atoms with Crippen LogP contribution in [0, 0.1) is 10.1 Å². The lowest BCUT2D eigenvalue weighted by Crippen LogP contribution is -2.66. The van der Waals surface area contributed by atoms with Gasteiger partial charge in [0, 0.05) is 15.9 Å². The summed E-state index contributed by atoms with van der Waals surface area (Å²) in [6.07, 6.45) is 0. The summed E-state index contributed by atoms with van der Waals surface area (Å²) < 4.78 is -2.61. The molecule has 1 aliphatic heterocycles. The van der Waals surface area contributed by atoms with E-state index < -0.39 is 27.2 Å². The Morgan fingerprint density at radius 1 is 1.23 bits per heavy atom. The first-order valence-corrected chi connectivity index (χ1v) is 3.68. The van der Waals surface area contributed by atoms with Crippen molar-refractivity contribution in [3.05, 3.63) is 10.1 Å². The van der Waals surface area contributed by atoms with Crippen LogP contribution in [0.4, 0.5) is 4.79 Å². The van der Waals surface area contributed by atoms with Crippen LogP contribution < -0.4 is 10.6 Å². The Morgan fingerprint density at radius 3 is 1.92 bits per heavy atom. The topological polar surface area (TPSA) is 118 Å². The Morgan fingerprint density at radius 2 is 1.62 bits per heavy atom. The van der Waals surface area contributed by atoms with Gasteiger partial charge in [0.15, 0.2) is 0 Å². The molecule has 0 aliphatic carbocycles. The first-order valence-electron chi connectivity index (χ1n) is 2.89. The van der Waals surface area contributed by atoms with Gasteiger partial charge in [-0.2, -0.15) is 0 Å². The molecule has 1 saturated heterocycles. The Kier molecular flexibility index (Phi) is 2.04. The Labute approximate surface area is 78.9 Å². The average Bonchev–Trinajstić information content (AvgIpc) is 1.99. The molecule has 1 aliphatic rings. The number of rotatable bonds is 1. The molecule has 0 saturated carbocycles. The van der Waals surface area contributed by atoms with E-state index in [4.69, 9.17) is 0 Å². The van der Waals surface area contributed by atoms with Gasteiger partial charge in [0.2, 0.25) is 0 Å². The maximum absolute atomic E-state index is 10.9. The molecule has 1 rings (SSSR count). The van der Waals surface area contributed by atoms with Crippen molar-refractivity contribution in [3.63, 3.8) is 0 Å². The van der Waals surface area contributed by atoms with Crippen LogP contribution in [0.1, 0.15) is 0 Å². The Hall–Kier alpha value is -1.51. The molecule has 1 fully saturated rings. The molecule has 0 atom stereocenters. The fourth-order valence-electron chi connectivity index (χ4n) is 0.672. The van der Waals surface area contributed by atoms with Gasteiger partial charge in [-0.3, -0.25) is 30.3 Å². The van der Waals surface area contributed by atoms with E-state index in [9.17, 15) is 24.5 Å². The summed E-state index contributed by atoms with van der Waals surface area (Å²) in [6, 6.07) is -1.08. The molecular weight excluding hydrogens is 250 g/mol. The first-order chi connectivity index (χ1) is 5.89. The summed E-state index contributed by atoms with van der Waals surface area (Å²) in [4.78, 5) is 41.5. The van der Waals surface area contributed by atoms with E-state index in [0.29, 0.717) is 0 Å². The number of carbonyl (C=O) groups is 3. The Bertz CT molecular complexity index is 306. The predicted molar refractivity (Wildman–Crippen MR) is 40.3 cm³/mol. The zero-order valence-corrected chi connectivity index (χ0v) is 7.45. The zero-order chi connectivity index (χ0) is 10.2. The molecule has 2 N–H and O–H groups in total. The van der Waals surface area contributed by atoms with E-state index >= 15 is 0 Å². The number of imide groups is 2. The van der Waals surface area contributed by atoms with Gasteiger partial charge in [-0.05, 0) is 0 Å². The highest BCUT2D eigenvalue weighted by molar-refractivity contribution is 9.10. The molecule has 70 valence electrons. The smallest absolute Gasteiger partial charge is 0.270 e. The van der Waals surface area contributed by atoms with E-state index in [0.717, 1.165) is 0 Å². The van der Waals surface area contributed by atoms with Crippen molar-refractivity contribution < 1.29 is 19.3 Å². The minimum atomic E-state index is -2.61. The second kappa shape index (κ2) is 2.76. The number of amides is 4. The number of urea groups is 1. The maximum atomic E-state index is 10.9.